The molecule has 0 aliphatic carbocycles. The summed E-state index contributed by atoms with van der Waals surface area (Å²) in [7, 11) is 0. The molecule has 0 saturated carbocycles. The van der Waals surface area contributed by atoms with Gasteiger partial charge < -0.3 is 9.84 Å². The fourth-order valence-electron chi connectivity index (χ4n) is 2.59. The van der Waals surface area contributed by atoms with E-state index >= 15 is 0 Å². The normalized spacial score (nSPS) is 14.2. The number of nitrogens with zero attached hydrogens (tertiary/aromatic N) is 2. The molecule has 0 fully saturated rings. The minimum absolute atomic E-state index is 0.0103. The number of aliphatic hydroxyl groups excluding tert-OH is 1. The number of halogens is 1. The molecule has 3 rings (SSSR count). The van der Waals surface area contributed by atoms with Crippen LogP contribution in [0.4, 0.5) is 4.39 Å². The average Bonchev–Trinajstić information content (AvgIpc) is 2.85. The van der Waals surface area contributed by atoms with E-state index in [2.05, 4.69) is 0 Å². The fraction of sp³-hybridized carbons (Fsp3) is 0.167. The van der Waals surface area contributed by atoms with Crippen LogP contribution in [0, 0.1) is 17.1 Å². The molecule has 2 amide bonds. The van der Waals surface area contributed by atoms with Gasteiger partial charge >= 0.3 is 0 Å². The molecule has 1 aliphatic heterocycles. The van der Waals surface area contributed by atoms with Crippen LogP contribution in [0.3, 0.4) is 0 Å². The largest absolute Gasteiger partial charge is 0.489 e. The highest BCUT2D eigenvalue weighted by atomic mass is 19.1. The monoisotopic (exact) mass is 340 g/mol. The quantitative estimate of drug-likeness (QED) is 0.837. The number of carbonyl (C=O) groups excluding carboxylic acids is 2. The number of benzene rings is 2. The lowest BCUT2D eigenvalue weighted by Gasteiger charge is -2.19. The summed E-state index contributed by atoms with van der Waals surface area (Å²) < 4.78 is 18.8. The van der Waals surface area contributed by atoms with Gasteiger partial charge in [0.05, 0.1) is 17.7 Å². The van der Waals surface area contributed by atoms with Gasteiger partial charge in [0, 0.05) is 0 Å². The molecular formula is C18H13FN2O4. The van der Waals surface area contributed by atoms with Crippen LogP contribution < -0.4 is 4.74 Å². The second-order valence-electron chi connectivity index (χ2n) is 5.46. The average molecular weight is 340 g/mol. The van der Waals surface area contributed by atoms with Gasteiger partial charge in [-0.3, -0.25) is 14.5 Å². The molecule has 0 saturated heterocycles. The van der Waals surface area contributed by atoms with Crippen LogP contribution in [0.1, 0.15) is 26.3 Å². The van der Waals surface area contributed by atoms with E-state index in [9.17, 15) is 19.1 Å². The van der Waals surface area contributed by atoms with Crippen LogP contribution >= 0.6 is 0 Å². The number of fused-ring (bicyclic) bond motifs is 1. The number of hydrogen-bond donors (Lipinski definition) is 1. The van der Waals surface area contributed by atoms with Crippen LogP contribution in [0.25, 0.3) is 0 Å². The second kappa shape index (κ2) is 6.71. The summed E-state index contributed by atoms with van der Waals surface area (Å²) in [4.78, 5) is 25.4. The smallest absolute Gasteiger partial charge is 0.261 e. The number of β-amino-alcohol motifs (C(OH)–C–C–N with tert-alkyl or cyclic N) is 1. The maximum absolute atomic E-state index is 13.5. The summed E-state index contributed by atoms with van der Waals surface area (Å²) in [5, 5.41) is 19.0. The molecule has 1 atom stereocenters. The van der Waals surface area contributed by atoms with Gasteiger partial charge in [-0.1, -0.05) is 18.2 Å². The minimum Gasteiger partial charge on any atom is -0.489 e. The van der Waals surface area contributed by atoms with Crippen LogP contribution in [0.2, 0.25) is 0 Å². The van der Waals surface area contributed by atoms with Gasteiger partial charge in [0.15, 0.2) is 0 Å². The van der Waals surface area contributed by atoms with Crippen molar-refractivity contribution in [2.75, 3.05) is 13.2 Å². The summed E-state index contributed by atoms with van der Waals surface area (Å²) in [6.45, 7) is -0.560. The standard InChI is InChI=1S/C18H13FN2O4/c19-15-6-3-7-16(14(15)8-20)25-10-11(22)9-21-17(23)12-4-1-2-5-13(12)18(21)24/h1-7,11,22H,9-10H2. The van der Waals surface area contributed by atoms with Crippen molar-refractivity contribution in [3.63, 3.8) is 0 Å². The molecule has 126 valence electrons. The van der Waals surface area contributed by atoms with Crippen molar-refractivity contribution in [2.45, 2.75) is 6.10 Å². The number of carbonyl (C=O) groups is 2. The van der Waals surface area contributed by atoms with E-state index in [1.807, 2.05) is 0 Å². The molecule has 2 aromatic rings. The van der Waals surface area contributed by atoms with E-state index in [-0.39, 0.29) is 35.6 Å². The van der Waals surface area contributed by atoms with E-state index in [1.54, 1.807) is 30.3 Å². The van der Waals surface area contributed by atoms with Crippen molar-refractivity contribution in [1.82, 2.24) is 4.90 Å². The topological polar surface area (TPSA) is 90.6 Å². The Morgan fingerprint density at radius 1 is 1.12 bits per heavy atom. The minimum atomic E-state index is -1.18. The highest BCUT2D eigenvalue weighted by Gasteiger charge is 2.36. The molecule has 1 aliphatic rings. The van der Waals surface area contributed by atoms with Gasteiger partial charge in [-0.2, -0.15) is 5.26 Å². The van der Waals surface area contributed by atoms with Crippen LogP contribution in [-0.4, -0.2) is 41.1 Å². The van der Waals surface area contributed by atoms with Gasteiger partial charge in [0.25, 0.3) is 11.8 Å². The molecule has 2 aromatic carbocycles. The molecule has 0 spiro atoms. The van der Waals surface area contributed by atoms with Crippen molar-refractivity contribution in [3.8, 4) is 11.8 Å². The van der Waals surface area contributed by atoms with Crippen molar-refractivity contribution in [3.05, 3.63) is 65.0 Å². The predicted molar refractivity (Wildman–Crippen MR) is 84.4 cm³/mol. The van der Waals surface area contributed by atoms with Crippen LogP contribution in [-0.2, 0) is 0 Å². The third kappa shape index (κ3) is 3.07. The fourth-order valence-corrected chi connectivity index (χ4v) is 2.59. The Morgan fingerprint density at radius 3 is 2.36 bits per heavy atom. The third-order valence-electron chi connectivity index (χ3n) is 3.79. The summed E-state index contributed by atoms with van der Waals surface area (Å²) in [6, 6.07) is 12.0. The zero-order valence-corrected chi connectivity index (χ0v) is 13.0. The van der Waals surface area contributed by atoms with Crippen molar-refractivity contribution in [1.29, 1.82) is 5.26 Å². The summed E-state index contributed by atoms with van der Waals surface area (Å²) in [6.07, 6.45) is -1.18. The first-order valence-electron chi connectivity index (χ1n) is 7.47. The van der Waals surface area contributed by atoms with E-state index in [1.165, 1.54) is 12.1 Å². The maximum atomic E-state index is 13.5. The lowest BCUT2D eigenvalue weighted by molar-refractivity contribution is 0.0456. The lowest BCUT2D eigenvalue weighted by Crippen LogP contribution is -2.39. The predicted octanol–water partition coefficient (Wildman–Crippen LogP) is 1.73. The molecule has 25 heavy (non-hydrogen) atoms. The summed E-state index contributed by atoms with van der Waals surface area (Å²) in [5.74, 6) is -1.70. The Morgan fingerprint density at radius 2 is 1.76 bits per heavy atom. The highest BCUT2D eigenvalue weighted by Crippen LogP contribution is 2.23. The molecule has 0 aromatic heterocycles. The van der Waals surface area contributed by atoms with Crippen molar-refractivity contribution in [2.24, 2.45) is 0 Å². The van der Waals surface area contributed by atoms with Crippen LogP contribution in [0.5, 0.6) is 5.75 Å². The Kier molecular flexibility index (Phi) is 4.46. The number of aliphatic hydroxyl groups is 1. The number of nitriles is 1. The number of hydrogen-bond acceptors (Lipinski definition) is 5. The molecule has 1 N–H and O–H groups in total. The first-order chi connectivity index (χ1) is 12.0. The molecule has 6 nitrogen and oxygen atoms in total. The van der Waals surface area contributed by atoms with Crippen molar-refractivity contribution < 1.29 is 23.8 Å². The number of rotatable bonds is 5. The van der Waals surface area contributed by atoms with E-state index in [4.69, 9.17) is 10.00 Å². The van der Waals surface area contributed by atoms with Gasteiger partial charge in [0.2, 0.25) is 0 Å². The lowest BCUT2D eigenvalue weighted by atomic mass is 10.1. The Labute approximate surface area is 142 Å². The van der Waals surface area contributed by atoms with Gasteiger partial charge in [-0.25, -0.2) is 4.39 Å². The van der Waals surface area contributed by atoms with Crippen LogP contribution in [0.15, 0.2) is 42.5 Å². The van der Waals surface area contributed by atoms with E-state index in [0.717, 1.165) is 11.0 Å². The molecule has 0 radical (unpaired) electrons. The Hall–Kier alpha value is -3.24. The number of ether oxygens (including phenoxy) is 1. The molecule has 1 heterocycles. The van der Waals surface area contributed by atoms with E-state index < -0.39 is 23.7 Å². The van der Waals surface area contributed by atoms with E-state index in [0.29, 0.717) is 0 Å². The number of amides is 2. The van der Waals surface area contributed by atoms with Gasteiger partial charge in [-0.05, 0) is 24.3 Å². The first-order valence-corrected chi connectivity index (χ1v) is 7.47. The molecular weight excluding hydrogens is 327 g/mol. The number of imide groups is 1. The SMILES string of the molecule is N#Cc1c(F)cccc1OCC(O)CN1C(=O)c2ccccc2C1=O. The zero-order valence-electron chi connectivity index (χ0n) is 13.0. The summed E-state index contributed by atoms with van der Waals surface area (Å²) >= 11 is 0. The first kappa shape index (κ1) is 16.6. The molecule has 1 unspecified atom stereocenters. The van der Waals surface area contributed by atoms with Gasteiger partial charge in [-0.15, -0.1) is 0 Å². The summed E-state index contributed by atoms with van der Waals surface area (Å²) in [5.41, 5.74) is 0.311. The van der Waals surface area contributed by atoms with Crippen molar-refractivity contribution >= 4 is 11.8 Å². The molecule has 0 bridgehead atoms. The Bertz CT molecular complexity index is 856. The molecule has 7 heteroatoms. The maximum Gasteiger partial charge on any atom is 0.261 e. The second-order valence-corrected chi connectivity index (χ2v) is 5.46. The highest BCUT2D eigenvalue weighted by molar-refractivity contribution is 6.21. The zero-order chi connectivity index (χ0) is 18.0. The Balaban J connectivity index is 1.66. The van der Waals surface area contributed by atoms with Gasteiger partial charge in [0.1, 0.15) is 35.9 Å². The third-order valence-corrected chi connectivity index (χ3v) is 3.79.